The molecule has 168 valence electrons. The van der Waals surface area contributed by atoms with E-state index in [2.05, 4.69) is 4.72 Å². The second-order valence-corrected chi connectivity index (χ2v) is 8.54. The molecule has 0 radical (unpaired) electrons. The first kappa shape index (κ1) is 24.6. The number of benzene rings is 2. The van der Waals surface area contributed by atoms with Gasteiger partial charge in [-0.25, -0.2) is 8.42 Å². The van der Waals surface area contributed by atoms with Gasteiger partial charge in [0.2, 0.25) is 15.8 Å². The number of ketones is 1. The Labute approximate surface area is 184 Å². The van der Waals surface area contributed by atoms with Gasteiger partial charge in [0.25, 0.3) is 0 Å². The Morgan fingerprint density at radius 3 is 2.29 bits per heavy atom. The minimum Gasteiger partial charge on any atom is -0.497 e. The molecule has 0 heterocycles. The minimum absolute atomic E-state index is 0.116. The van der Waals surface area contributed by atoms with Crippen LogP contribution in [0, 0.1) is 0 Å². The van der Waals surface area contributed by atoms with E-state index in [1.165, 1.54) is 57.5 Å². The molecule has 0 saturated heterocycles. The first-order valence-corrected chi connectivity index (χ1v) is 10.8. The van der Waals surface area contributed by atoms with Crippen LogP contribution in [0.15, 0.2) is 47.4 Å². The van der Waals surface area contributed by atoms with Crippen LogP contribution in [0.25, 0.3) is 0 Å². The first-order chi connectivity index (χ1) is 14.6. The highest BCUT2D eigenvalue weighted by atomic mass is 35.5. The monoisotopic (exact) mass is 471 g/mol. The van der Waals surface area contributed by atoms with Crippen molar-refractivity contribution in [3.05, 3.63) is 53.1 Å². The third kappa shape index (κ3) is 6.41. The van der Waals surface area contributed by atoms with Gasteiger partial charge in [0.15, 0.2) is 6.61 Å². The lowest BCUT2D eigenvalue weighted by Gasteiger charge is -2.20. The van der Waals surface area contributed by atoms with Crippen LogP contribution in [0.1, 0.15) is 17.3 Å². The number of esters is 1. The van der Waals surface area contributed by atoms with E-state index < -0.39 is 40.5 Å². The number of aliphatic hydroxyl groups excluding tert-OH is 1. The standard InChI is InChI=1S/C20H22ClNO8S/c1-12(23)19(22-31(26,27)15-7-4-13(21)5-8-15)20(25)30-11-17(24)16-10-14(28-2)6-9-18(16)29-3/h4-10,12,19,22-23H,11H2,1-3H3/t12-,19+/m1/s1. The van der Waals surface area contributed by atoms with E-state index in [9.17, 15) is 23.1 Å². The average Bonchev–Trinajstić information content (AvgIpc) is 2.75. The number of aliphatic hydroxyl groups is 1. The molecule has 0 fully saturated rings. The normalized spacial score (nSPS) is 13.2. The molecule has 11 heteroatoms. The van der Waals surface area contributed by atoms with Gasteiger partial charge >= 0.3 is 5.97 Å². The van der Waals surface area contributed by atoms with Gasteiger partial charge < -0.3 is 19.3 Å². The second kappa shape index (κ2) is 10.6. The summed E-state index contributed by atoms with van der Waals surface area (Å²) in [6, 6.07) is 8.12. The number of nitrogens with one attached hydrogen (secondary N) is 1. The molecular formula is C20H22ClNO8S. The maximum atomic E-state index is 12.5. The number of hydrogen-bond donors (Lipinski definition) is 2. The van der Waals surface area contributed by atoms with E-state index in [1.807, 2.05) is 0 Å². The van der Waals surface area contributed by atoms with Crippen molar-refractivity contribution in [2.24, 2.45) is 0 Å². The lowest BCUT2D eigenvalue weighted by atomic mass is 10.1. The Morgan fingerprint density at radius 1 is 1.10 bits per heavy atom. The van der Waals surface area contributed by atoms with Gasteiger partial charge in [0, 0.05) is 5.02 Å². The molecule has 31 heavy (non-hydrogen) atoms. The molecule has 2 aromatic rings. The number of carbonyl (C=O) groups is 2. The summed E-state index contributed by atoms with van der Waals surface area (Å²) in [5, 5.41) is 10.2. The number of ether oxygens (including phenoxy) is 3. The van der Waals surface area contributed by atoms with Crippen LogP contribution in [0.5, 0.6) is 11.5 Å². The summed E-state index contributed by atoms with van der Waals surface area (Å²) in [7, 11) is -1.37. The summed E-state index contributed by atoms with van der Waals surface area (Å²) >= 11 is 5.75. The summed E-state index contributed by atoms with van der Waals surface area (Å²) in [5.74, 6) is -1.08. The third-order valence-corrected chi connectivity index (χ3v) is 5.90. The summed E-state index contributed by atoms with van der Waals surface area (Å²) < 4.78 is 42.3. The highest BCUT2D eigenvalue weighted by molar-refractivity contribution is 7.89. The SMILES string of the molecule is COc1ccc(OC)c(C(=O)COC(=O)[C@@H](NS(=O)(=O)c2ccc(Cl)cc2)[C@@H](C)O)c1. The van der Waals surface area contributed by atoms with Gasteiger partial charge in [-0.15, -0.1) is 0 Å². The summed E-state index contributed by atoms with van der Waals surface area (Å²) in [5.41, 5.74) is 0.116. The van der Waals surface area contributed by atoms with Crippen LogP contribution in [-0.2, 0) is 19.6 Å². The fraction of sp³-hybridized carbons (Fsp3) is 0.300. The average molecular weight is 472 g/mol. The number of Topliss-reactive ketones (excluding diaryl/α,β-unsaturated/α-hetero) is 1. The zero-order valence-corrected chi connectivity index (χ0v) is 18.6. The summed E-state index contributed by atoms with van der Waals surface area (Å²) in [4.78, 5) is 24.8. The Morgan fingerprint density at radius 2 is 1.74 bits per heavy atom. The van der Waals surface area contributed by atoms with E-state index in [0.29, 0.717) is 10.8 Å². The molecule has 0 bridgehead atoms. The molecule has 0 spiro atoms. The van der Waals surface area contributed by atoms with Crippen molar-refractivity contribution in [2.75, 3.05) is 20.8 Å². The summed E-state index contributed by atoms with van der Waals surface area (Å²) in [6.07, 6.45) is -1.43. The van der Waals surface area contributed by atoms with E-state index in [-0.39, 0.29) is 16.2 Å². The van der Waals surface area contributed by atoms with E-state index in [0.717, 1.165) is 0 Å². The number of methoxy groups -OCH3 is 2. The van der Waals surface area contributed by atoms with Gasteiger partial charge in [-0.3, -0.25) is 9.59 Å². The maximum absolute atomic E-state index is 12.5. The fourth-order valence-corrected chi connectivity index (χ4v) is 3.91. The summed E-state index contributed by atoms with van der Waals surface area (Å²) in [6.45, 7) is 0.511. The molecule has 2 aromatic carbocycles. The van der Waals surface area contributed by atoms with Crippen molar-refractivity contribution in [2.45, 2.75) is 24.0 Å². The number of rotatable bonds is 10. The Bertz CT molecular complexity index is 1040. The molecule has 0 unspecified atom stereocenters. The molecule has 0 aliphatic heterocycles. The Balaban J connectivity index is 2.13. The van der Waals surface area contributed by atoms with Crippen LogP contribution >= 0.6 is 11.6 Å². The van der Waals surface area contributed by atoms with Crippen LogP contribution in [-0.4, -0.2) is 58.2 Å². The van der Waals surface area contributed by atoms with E-state index >= 15 is 0 Å². The Hall–Kier alpha value is -2.66. The highest BCUT2D eigenvalue weighted by Gasteiger charge is 2.31. The zero-order valence-electron chi connectivity index (χ0n) is 17.0. The van der Waals surface area contributed by atoms with Gasteiger partial charge in [0.1, 0.15) is 17.5 Å². The van der Waals surface area contributed by atoms with Crippen molar-refractivity contribution in [1.82, 2.24) is 4.72 Å². The minimum atomic E-state index is -4.17. The molecule has 0 aromatic heterocycles. The van der Waals surface area contributed by atoms with Crippen LogP contribution in [0.3, 0.4) is 0 Å². The van der Waals surface area contributed by atoms with E-state index in [1.54, 1.807) is 6.07 Å². The van der Waals surface area contributed by atoms with Crippen LogP contribution in [0.4, 0.5) is 0 Å². The number of sulfonamides is 1. The van der Waals surface area contributed by atoms with Gasteiger partial charge in [-0.1, -0.05) is 11.6 Å². The van der Waals surface area contributed by atoms with Crippen molar-refractivity contribution in [3.8, 4) is 11.5 Å². The largest absolute Gasteiger partial charge is 0.497 e. The molecule has 2 atom stereocenters. The van der Waals surface area contributed by atoms with Crippen molar-refractivity contribution in [3.63, 3.8) is 0 Å². The number of halogens is 1. The third-order valence-electron chi connectivity index (χ3n) is 4.19. The lowest BCUT2D eigenvalue weighted by Crippen LogP contribution is -2.48. The molecule has 9 nitrogen and oxygen atoms in total. The van der Waals surface area contributed by atoms with Gasteiger partial charge in [0.05, 0.1) is 30.8 Å². The molecule has 0 aliphatic carbocycles. The maximum Gasteiger partial charge on any atom is 0.327 e. The van der Waals surface area contributed by atoms with E-state index in [4.69, 9.17) is 25.8 Å². The molecule has 0 saturated carbocycles. The Kier molecular flexibility index (Phi) is 8.40. The van der Waals surface area contributed by atoms with Crippen LogP contribution in [0.2, 0.25) is 5.02 Å². The van der Waals surface area contributed by atoms with Gasteiger partial charge in [-0.2, -0.15) is 4.72 Å². The quantitative estimate of drug-likeness (QED) is 0.396. The van der Waals surface area contributed by atoms with Crippen LogP contribution < -0.4 is 14.2 Å². The predicted octanol–water partition coefficient (Wildman–Crippen LogP) is 1.81. The first-order valence-electron chi connectivity index (χ1n) is 8.97. The zero-order chi connectivity index (χ0) is 23.2. The molecular weight excluding hydrogens is 450 g/mol. The predicted molar refractivity (Wildman–Crippen MR) is 112 cm³/mol. The molecule has 2 N–H and O–H groups in total. The topological polar surface area (TPSA) is 128 Å². The second-order valence-electron chi connectivity index (χ2n) is 6.39. The van der Waals surface area contributed by atoms with Crippen molar-refractivity contribution in [1.29, 1.82) is 0 Å². The fourth-order valence-electron chi connectivity index (χ4n) is 2.53. The molecule has 0 aliphatic rings. The van der Waals surface area contributed by atoms with Gasteiger partial charge in [-0.05, 0) is 49.4 Å². The van der Waals surface area contributed by atoms with Crippen molar-refractivity contribution >= 4 is 33.4 Å². The number of hydrogen-bond acceptors (Lipinski definition) is 8. The number of carbonyl (C=O) groups excluding carboxylic acids is 2. The molecule has 2 rings (SSSR count). The van der Waals surface area contributed by atoms with Crippen molar-refractivity contribution < 1.29 is 37.3 Å². The highest BCUT2D eigenvalue weighted by Crippen LogP contribution is 2.24. The smallest absolute Gasteiger partial charge is 0.327 e. The molecule has 0 amide bonds. The lowest BCUT2D eigenvalue weighted by molar-refractivity contribution is -0.147.